The van der Waals surface area contributed by atoms with Gasteiger partial charge in [0.1, 0.15) is 6.23 Å². The van der Waals surface area contributed by atoms with Crippen LogP contribution in [-0.4, -0.2) is 37.3 Å². The summed E-state index contributed by atoms with van der Waals surface area (Å²) in [7, 11) is 0. The summed E-state index contributed by atoms with van der Waals surface area (Å²) in [4.78, 5) is 21.5. The Hall–Kier alpha value is -3.27. The van der Waals surface area contributed by atoms with Gasteiger partial charge in [-0.1, -0.05) is 9.61 Å². The number of carbonyl (C=O) groups is 1. The van der Waals surface area contributed by atoms with Gasteiger partial charge < -0.3 is 20.2 Å². The van der Waals surface area contributed by atoms with Crippen molar-refractivity contribution in [1.82, 2.24) is 19.4 Å². The van der Waals surface area contributed by atoms with Crippen molar-refractivity contribution < 1.29 is 14.5 Å². The minimum absolute atomic E-state index is 0.163. The SMILES string of the molecule is CCOC(C)n1cc(-c2c(NC=O)cnn3c([N+](=O)[O-])ccc23)cn1. The standard InChI is InChI=1S/C15H16N6O4/c1-3-25-10(2)19-8-11(6-17-19)15-12(16-9-22)7-18-20-13(15)4-5-14(20)21(23)24/h4-10H,3H2,1-2H3,(H,16,22). The van der Waals surface area contributed by atoms with Crippen LogP contribution in [0, 0.1) is 10.1 Å². The van der Waals surface area contributed by atoms with Crippen molar-refractivity contribution in [1.29, 1.82) is 0 Å². The van der Waals surface area contributed by atoms with Crippen molar-refractivity contribution in [3.8, 4) is 11.1 Å². The smallest absolute Gasteiger partial charge is 0.348 e. The molecule has 0 spiro atoms. The fourth-order valence-electron chi connectivity index (χ4n) is 2.64. The number of fused-ring (bicyclic) bond motifs is 1. The second-order valence-corrected chi connectivity index (χ2v) is 5.20. The number of hydrogen-bond acceptors (Lipinski definition) is 6. The van der Waals surface area contributed by atoms with Gasteiger partial charge in [-0.2, -0.15) is 5.10 Å². The first-order valence-corrected chi connectivity index (χ1v) is 7.58. The molecular weight excluding hydrogens is 328 g/mol. The molecule has 1 amide bonds. The van der Waals surface area contributed by atoms with Crippen molar-refractivity contribution in [3.05, 3.63) is 40.8 Å². The molecule has 0 saturated carbocycles. The minimum atomic E-state index is -0.517. The van der Waals surface area contributed by atoms with Gasteiger partial charge in [-0.25, -0.2) is 4.68 Å². The average molecular weight is 344 g/mol. The lowest BCUT2D eigenvalue weighted by molar-refractivity contribution is -0.390. The predicted octanol–water partition coefficient (Wildman–Crippen LogP) is 2.23. The highest BCUT2D eigenvalue weighted by atomic mass is 16.6. The van der Waals surface area contributed by atoms with E-state index in [1.165, 1.54) is 16.8 Å². The highest BCUT2D eigenvalue weighted by Crippen LogP contribution is 2.34. The quantitative estimate of drug-likeness (QED) is 0.399. The van der Waals surface area contributed by atoms with Gasteiger partial charge in [-0.3, -0.25) is 4.79 Å². The normalized spacial score (nSPS) is 12.2. The zero-order valence-corrected chi connectivity index (χ0v) is 13.6. The summed E-state index contributed by atoms with van der Waals surface area (Å²) >= 11 is 0. The fourth-order valence-corrected chi connectivity index (χ4v) is 2.64. The number of amides is 1. The predicted molar refractivity (Wildman–Crippen MR) is 89.1 cm³/mol. The van der Waals surface area contributed by atoms with E-state index >= 15 is 0 Å². The Balaban J connectivity index is 2.17. The van der Waals surface area contributed by atoms with Crippen LogP contribution in [0.5, 0.6) is 0 Å². The maximum Gasteiger partial charge on any atom is 0.348 e. The highest BCUT2D eigenvalue weighted by molar-refractivity contribution is 5.93. The Bertz CT molecular complexity index is 931. The first-order chi connectivity index (χ1) is 12.1. The van der Waals surface area contributed by atoms with E-state index in [9.17, 15) is 14.9 Å². The maximum absolute atomic E-state index is 11.1. The van der Waals surface area contributed by atoms with E-state index in [0.717, 1.165) is 0 Å². The van der Waals surface area contributed by atoms with Crippen LogP contribution in [0.1, 0.15) is 20.1 Å². The van der Waals surface area contributed by atoms with Gasteiger partial charge in [0.25, 0.3) is 0 Å². The summed E-state index contributed by atoms with van der Waals surface area (Å²) < 4.78 is 8.35. The Kier molecular flexibility index (Phi) is 4.44. The Morgan fingerprint density at radius 3 is 2.88 bits per heavy atom. The van der Waals surface area contributed by atoms with Crippen LogP contribution in [0.15, 0.2) is 30.7 Å². The molecule has 0 radical (unpaired) electrons. The van der Waals surface area contributed by atoms with Gasteiger partial charge in [0.2, 0.25) is 6.41 Å². The molecule has 3 aromatic heterocycles. The summed E-state index contributed by atoms with van der Waals surface area (Å²) in [5.74, 6) is -0.163. The molecule has 1 atom stereocenters. The van der Waals surface area contributed by atoms with Gasteiger partial charge in [-0.05, 0) is 24.8 Å². The van der Waals surface area contributed by atoms with E-state index < -0.39 is 4.92 Å². The van der Waals surface area contributed by atoms with Gasteiger partial charge in [-0.15, -0.1) is 0 Å². The van der Waals surface area contributed by atoms with E-state index in [1.54, 1.807) is 23.1 Å². The van der Waals surface area contributed by atoms with Gasteiger partial charge in [0.05, 0.1) is 23.6 Å². The van der Waals surface area contributed by atoms with Crippen molar-refractivity contribution in [2.24, 2.45) is 0 Å². The van der Waals surface area contributed by atoms with Crippen molar-refractivity contribution >= 4 is 23.4 Å². The number of nitrogens with one attached hydrogen (secondary N) is 1. The molecule has 25 heavy (non-hydrogen) atoms. The number of nitrogens with zero attached hydrogens (tertiary/aromatic N) is 5. The molecule has 10 nitrogen and oxygen atoms in total. The molecule has 3 rings (SSSR count). The molecule has 130 valence electrons. The van der Waals surface area contributed by atoms with E-state index in [0.29, 0.717) is 35.3 Å². The van der Waals surface area contributed by atoms with E-state index in [-0.39, 0.29) is 12.0 Å². The van der Waals surface area contributed by atoms with Crippen molar-refractivity contribution in [2.75, 3.05) is 11.9 Å². The summed E-state index contributed by atoms with van der Waals surface area (Å²) in [5.41, 5.74) is 2.18. The first kappa shape index (κ1) is 16.6. The van der Waals surface area contributed by atoms with Gasteiger partial charge in [0, 0.05) is 24.4 Å². The van der Waals surface area contributed by atoms with Crippen LogP contribution >= 0.6 is 0 Å². The largest absolute Gasteiger partial charge is 0.358 e. The third-order valence-corrected chi connectivity index (χ3v) is 3.74. The summed E-state index contributed by atoms with van der Waals surface area (Å²) in [6, 6.07) is 2.95. The van der Waals surface area contributed by atoms with E-state index in [4.69, 9.17) is 4.74 Å². The minimum Gasteiger partial charge on any atom is -0.358 e. The lowest BCUT2D eigenvalue weighted by Gasteiger charge is -2.11. The topological polar surface area (TPSA) is 117 Å². The van der Waals surface area contributed by atoms with Crippen LogP contribution in [0.2, 0.25) is 0 Å². The van der Waals surface area contributed by atoms with Crippen LogP contribution in [-0.2, 0) is 9.53 Å². The number of hydrogen-bond donors (Lipinski definition) is 1. The molecule has 1 N–H and O–H groups in total. The Labute approximate surface area is 142 Å². The molecule has 0 aliphatic carbocycles. The number of carbonyl (C=O) groups excluding carboxylic acids is 1. The summed E-state index contributed by atoms with van der Waals surface area (Å²) in [6.07, 6.45) is 5.00. The lowest BCUT2D eigenvalue weighted by atomic mass is 10.1. The van der Waals surface area contributed by atoms with Crippen LogP contribution in [0.3, 0.4) is 0 Å². The number of anilines is 1. The molecule has 0 fully saturated rings. The Morgan fingerprint density at radius 1 is 1.40 bits per heavy atom. The molecule has 10 heteroatoms. The molecular formula is C15H16N6O4. The van der Waals surface area contributed by atoms with Crippen molar-refractivity contribution in [2.45, 2.75) is 20.1 Å². The molecule has 1 unspecified atom stereocenters. The highest BCUT2D eigenvalue weighted by Gasteiger charge is 2.22. The van der Waals surface area contributed by atoms with Crippen LogP contribution in [0.4, 0.5) is 11.5 Å². The number of aromatic nitrogens is 4. The monoisotopic (exact) mass is 344 g/mol. The Morgan fingerprint density at radius 2 is 2.20 bits per heavy atom. The average Bonchev–Trinajstić information content (AvgIpc) is 3.22. The molecule has 0 saturated heterocycles. The summed E-state index contributed by atoms with van der Waals surface area (Å²) in [5, 5.41) is 22.0. The molecule has 3 heterocycles. The van der Waals surface area contributed by atoms with Crippen molar-refractivity contribution in [3.63, 3.8) is 0 Å². The second-order valence-electron chi connectivity index (χ2n) is 5.20. The first-order valence-electron chi connectivity index (χ1n) is 7.58. The molecule has 0 aromatic carbocycles. The third kappa shape index (κ3) is 2.94. The summed E-state index contributed by atoms with van der Waals surface area (Å²) in [6.45, 7) is 4.28. The van der Waals surface area contributed by atoms with Crippen LogP contribution < -0.4 is 5.32 Å². The molecule has 0 bridgehead atoms. The van der Waals surface area contributed by atoms with Gasteiger partial charge in [0.15, 0.2) is 5.52 Å². The number of rotatable bonds is 7. The zero-order chi connectivity index (χ0) is 18.0. The number of nitro groups is 1. The second kappa shape index (κ2) is 6.69. The van der Waals surface area contributed by atoms with Crippen LogP contribution in [0.25, 0.3) is 16.6 Å². The van der Waals surface area contributed by atoms with Gasteiger partial charge >= 0.3 is 5.82 Å². The molecule has 0 aliphatic rings. The maximum atomic E-state index is 11.1. The van der Waals surface area contributed by atoms with E-state index in [2.05, 4.69) is 15.5 Å². The fraction of sp³-hybridized carbons (Fsp3) is 0.267. The van der Waals surface area contributed by atoms with E-state index in [1.807, 2.05) is 13.8 Å². The lowest BCUT2D eigenvalue weighted by Crippen LogP contribution is -2.09. The molecule has 0 aliphatic heterocycles. The third-order valence-electron chi connectivity index (χ3n) is 3.74. The zero-order valence-electron chi connectivity index (χ0n) is 13.6. The molecule has 3 aromatic rings. The number of ether oxygens (including phenoxy) is 1.